The molecule has 0 fully saturated rings. The minimum absolute atomic E-state index is 0.0257. The third-order valence-electron chi connectivity index (χ3n) is 4.99. The number of amides is 1. The fraction of sp³-hybridized carbons (Fsp3) is 0.154. The van der Waals surface area contributed by atoms with E-state index in [1.165, 1.54) is 0 Å². The van der Waals surface area contributed by atoms with Gasteiger partial charge in [0.05, 0.1) is 6.61 Å². The van der Waals surface area contributed by atoms with Crippen LogP contribution < -0.4 is 10.1 Å². The Hall–Kier alpha value is -2.59. The fourth-order valence-electron chi connectivity index (χ4n) is 3.25. The second-order valence-corrected chi connectivity index (χ2v) is 9.33. The smallest absolute Gasteiger partial charge is 0.266 e. The number of ether oxygens (including phenoxy) is 1. The van der Waals surface area contributed by atoms with Crippen molar-refractivity contribution in [2.24, 2.45) is 0 Å². The minimum atomic E-state index is -0.505. The summed E-state index contributed by atoms with van der Waals surface area (Å²) in [4.78, 5) is 12.8. The molecule has 0 spiro atoms. The van der Waals surface area contributed by atoms with Crippen LogP contribution in [0.4, 0.5) is 5.69 Å². The zero-order valence-corrected chi connectivity index (χ0v) is 22.0. The average Bonchev–Trinajstić information content (AvgIpc) is 2.79. The molecule has 1 amide bonds. The lowest BCUT2D eigenvalue weighted by molar-refractivity contribution is -0.112. The highest BCUT2D eigenvalue weighted by Crippen LogP contribution is 2.34. The van der Waals surface area contributed by atoms with Crippen LogP contribution in [0.2, 0.25) is 5.02 Å². The summed E-state index contributed by atoms with van der Waals surface area (Å²) in [6.45, 7) is 4.21. The Morgan fingerprint density at radius 2 is 1.91 bits per heavy atom. The van der Waals surface area contributed by atoms with Gasteiger partial charge >= 0.3 is 0 Å². The number of nitriles is 1. The van der Waals surface area contributed by atoms with E-state index < -0.39 is 5.91 Å². The molecule has 0 aliphatic heterocycles. The summed E-state index contributed by atoms with van der Waals surface area (Å²) in [5.41, 5.74) is 4.06. The number of nitrogens with one attached hydrogen (secondary N) is 1. The molecule has 0 bridgehead atoms. The number of rotatable bonds is 7. The van der Waals surface area contributed by atoms with Gasteiger partial charge in [0, 0.05) is 31.6 Å². The van der Waals surface area contributed by atoms with E-state index in [0.29, 0.717) is 35.1 Å². The van der Waals surface area contributed by atoms with Gasteiger partial charge < -0.3 is 10.1 Å². The van der Waals surface area contributed by atoms with E-state index in [1.807, 2.05) is 50.2 Å². The van der Waals surface area contributed by atoms with Gasteiger partial charge in [0.2, 0.25) is 0 Å². The lowest BCUT2D eigenvalue weighted by Crippen LogP contribution is -2.14. The molecule has 168 valence electrons. The standard InChI is InChI=1S/C26H21Br2ClN2O2/c1-3-33-25-13-17(12-22(28)20(25)14-18-7-4-5-8-21(18)27)11-19(15-30)26(32)31-24-10-6-9-23(29)16(24)2/h4-13H,3,14H2,1-2H3,(H,31,32)/b19-11+. The lowest BCUT2D eigenvalue weighted by atomic mass is 10.0. The van der Waals surface area contributed by atoms with Crippen molar-refractivity contribution in [2.75, 3.05) is 11.9 Å². The molecule has 0 aromatic heterocycles. The predicted molar refractivity (Wildman–Crippen MR) is 141 cm³/mol. The van der Waals surface area contributed by atoms with Crippen molar-refractivity contribution in [3.8, 4) is 11.8 Å². The summed E-state index contributed by atoms with van der Waals surface area (Å²) >= 11 is 13.4. The van der Waals surface area contributed by atoms with Gasteiger partial charge in [-0.1, -0.05) is 67.7 Å². The number of benzene rings is 3. The molecule has 3 rings (SSSR count). The summed E-state index contributed by atoms with van der Waals surface area (Å²) in [6, 6.07) is 19.0. The Kier molecular flexibility index (Phi) is 8.74. The zero-order valence-electron chi connectivity index (χ0n) is 18.1. The van der Waals surface area contributed by atoms with Gasteiger partial charge in [0.15, 0.2) is 0 Å². The van der Waals surface area contributed by atoms with Crippen LogP contribution in [0.1, 0.15) is 29.2 Å². The quantitative estimate of drug-likeness (QED) is 0.227. The summed E-state index contributed by atoms with van der Waals surface area (Å²) < 4.78 is 7.75. The fourth-order valence-corrected chi connectivity index (χ4v) is 4.45. The van der Waals surface area contributed by atoms with Crippen molar-refractivity contribution in [2.45, 2.75) is 20.3 Å². The molecule has 0 unspecified atom stereocenters. The highest BCUT2D eigenvalue weighted by Gasteiger charge is 2.15. The second-order valence-electron chi connectivity index (χ2n) is 7.22. The van der Waals surface area contributed by atoms with Crippen molar-refractivity contribution in [3.05, 3.63) is 96.4 Å². The van der Waals surface area contributed by atoms with E-state index in [2.05, 4.69) is 43.2 Å². The van der Waals surface area contributed by atoms with Gasteiger partial charge in [-0.3, -0.25) is 4.79 Å². The molecular weight excluding hydrogens is 568 g/mol. The Balaban J connectivity index is 1.94. The second kappa shape index (κ2) is 11.5. The Bertz CT molecular complexity index is 1270. The molecular formula is C26H21Br2ClN2O2. The number of carbonyl (C=O) groups is 1. The summed E-state index contributed by atoms with van der Waals surface area (Å²) in [7, 11) is 0. The van der Waals surface area contributed by atoms with Crippen LogP contribution in [0.3, 0.4) is 0 Å². The van der Waals surface area contributed by atoms with Crippen LogP contribution in [0.15, 0.2) is 69.1 Å². The third-order valence-corrected chi connectivity index (χ3v) is 6.88. The Morgan fingerprint density at radius 1 is 1.15 bits per heavy atom. The van der Waals surface area contributed by atoms with Crippen LogP contribution in [-0.4, -0.2) is 12.5 Å². The molecule has 3 aromatic rings. The van der Waals surface area contributed by atoms with Gasteiger partial charge in [-0.25, -0.2) is 0 Å². The Labute approximate surface area is 215 Å². The normalized spacial score (nSPS) is 11.1. The molecule has 0 atom stereocenters. The Morgan fingerprint density at radius 3 is 2.61 bits per heavy atom. The number of nitrogens with zero attached hydrogens (tertiary/aromatic N) is 1. The molecule has 0 saturated heterocycles. The molecule has 7 heteroatoms. The van der Waals surface area contributed by atoms with Crippen molar-refractivity contribution in [1.82, 2.24) is 0 Å². The first kappa shape index (κ1) is 25.0. The van der Waals surface area contributed by atoms with Crippen LogP contribution in [0, 0.1) is 18.3 Å². The van der Waals surface area contributed by atoms with Gasteiger partial charge in [-0.2, -0.15) is 5.26 Å². The molecule has 0 aliphatic rings. The summed E-state index contributed by atoms with van der Waals surface area (Å²) in [6.07, 6.45) is 2.20. The molecule has 0 aliphatic carbocycles. The van der Waals surface area contributed by atoms with E-state index in [4.69, 9.17) is 16.3 Å². The van der Waals surface area contributed by atoms with E-state index in [1.54, 1.807) is 24.3 Å². The van der Waals surface area contributed by atoms with Crippen molar-refractivity contribution in [3.63, 3.8) is 0 Å². The third kappa shape index (κ3) is 6.26. The van der Waals surface area contributed by atoms with E-state index >= 15 is 0 Å². The van der Waals surface area contributed by atoms with E-state index in [9.17, 15) is 10.1 Å². The maximum absolute atomic E-state index is 12.8. The number of anilines is 1. The number of carbonyl (C=O) groups excluding carboxylic acids is 1. The highest BCUT2D eigenvalue weighted by atomic mass is 79.9. The van der Waals surface area contributed by atoms with Crippen LogP contribution in [0.25, 0.3) is 6.08 Å². The average molecular weight is 589 g/mol. The van der Waals surface area contributed by atoms with Gasteiger partial charge in [-0.15, -0.1) is 0 Å². The molecule has 1 N–H and O–H groups in total. The predicted octanol–water partition coefficient (Wildman–Crippen LogP) is 7.71. The van der Waals surface area contributed by atoms with Crippen molar-refractivity contribution in [1.29, 1.82) is 5.26 Å². The molecule has 4 nitrogen and oxygen atoms in total. The lowest BCUT2D eigenvalue weighted by Gasteiger charge is -2.15. The SMILES string of the molecule is CCOc1cc(/C=C(\C#N)C(=O)Nc2cccc(Cl)c2C)cc(Br)c1Cc1ccccc1Br. The first-order chi connectivity index (χ1) is 15.8. The topological polar surface area (TPSA) is 62.1 Å². The van der Waals surface area contributed by atoms with Gasteiger partial charge in [-0.05, 0) is 66.9 Å². The van der Waals surface area contributed by atoms with E-state index in [0.717, 1.165) is 25.6 Å². The van der Waals surface area contributed by atoms with Crippen LogP contribution in [0.5, 0.6) is 5.75 Å². The molecule has 0 radical (unpaired) electrons. The molecule has 33 heavy (non-hydrogen) atoms. The monoisotopic (exact) mass is 586 g/mol. The zero-order chi connectivity index (χ0) is 24.0. The summed E-state index contributed by atoms with van der Waals surface area (Å²) in [5.74, 6) is 0.187. The number of halogens is 3. The summed E-state index contributed by atoms with van der Waals surface area (Å²) in [5, 5.41) is 12.9. The molecule has 0 heterocycles. The first-order valence-corrected chi connectivity index (χ1v) is 12.2. The first-order valence-electron chi connectivity index (χ1n) is 10.2. The number of hydrogen-bond donors (Lipinski definition) is 1. The molecule has 3 aromatic carbocycles. The van der Waals surface area contributed by atoms with Gasteiger partial charge in [0.25, 0.3) is 5.91 Å². The maximum Gasteiger partial charge on any atom is 0.266 e. The maximum atomic E-state index is 12.8. The van der Waals surface area contributed by atoms with Crippen LogP contribution in [-0.2, 0) is 11.2 Å². The number of hydrogen-bond acceptors (Lipinski definition) is 3. The minimum Gasteiger partial charge on any atom is -0.494 e. The van der Waals surface area contributed by atoms with Gasteiger partial charge in [0.1, 0.15) is 17.4 Å². The highest BCUT2D eigenvalue weighted by molar-refractivity contribution is 9.10. The van der Waals surface area contributed by atoms with Crippen LogP contribution >= 0.6 is 43.5 Å². The largest absolute Gasteiger partial charge is 0.494 e. The van der Waals surface area contributed by atoms with E-state index in [-0.39, 0.29) is 5.57 Å². The molecule has 0 saturated carbocycles. The van der Waals surface area contributed by atoms with Crippen molar-refractivity contribution >= 4 is 61.1 Å². The van der Waals surface area contributed by atoms with Crippen molar-refractivity contribution < 1.29 is 9.53 Å².